The average Bonchev–Trinajstić information content (AvgIpc) is 3.33. The van der Waals surface area contributed by atoms with Crippen molar-refractivity contribution in [2.75, 3.05) is 38.3 Å². The number of carbonyl (C=O) groups excluding carboxylic acids is 2. The Bertz CT molecular complexity index is 1010. The molecular weight excluding hydrogens is 425 g/mol. The molecule has 2 amide bonds. The molecule has 0 radical (unpaired) electrons. The van der Waals surface area contributed by atoms with Crippen LogP contribution in [0.4, 0.5) is 10.1 Å². The third kappa shape index (κ3) is 4.80. The van der Waals surface area contributed by atoms with Gasteiger partial charge in [0, 0.05) is 36.3 Å². The van der Waals surface area contributed by atoms with Crippen molar-refractivity contribution >= 4 is 17.5 Å². The van der Waals surface area contributed by atoms with Gasteiger partial charge in [-0.2, -0.15) is 0 Å². The molecule has 0 unspecified atom stereocenters. The van der Waals surface area contributed by atoms with Gasteiger partial charge < -0.3 is 24.6 Å². The second kappa shape index (κ2) is 9.39. The highest BCUT2D eigenvalue weighted by atomic mass is 19.1. The molecule has 2 fully saturated rings. The molecule has 174 valence electrons. The lowest BCUT2D eigenvalue weighted by Crippen LogP contribution is -2.49. The predicted octanol–water partition coefficient (Wildman–Crippen LogP) is 3.51. The van der Waals surface area contributed by atoms with Crippen molar-refractivity contribution in [1.82, 2.24) is 9.80 Å². The van der Waals surface area contributed by atoms with Gasteiger partial charge in [0.25, 0.3) is 5.91 Å². The first-order chi connectivity index (χ1) is 16.1. The highest BCUT2D eigenvalue weighted by Crippen LogP contribution is 2.33. The van der Waals surface area contributed by atoms with Gasteiger partial charge in [0.15, 0.2) is 11.5 Å². The summed E-state index contributed by atoms with van der Waals surface area (Å²) in [5, 5.41) is 2.90. The number of hydrogen-bond donors (Lipinski definition) is 1. The molecule has 0 saturated carbocycles. The number of fused-ring (bicyclic) bond motifs is 1. The van der Waals surface area contributed by atoms with Crippen LogP contribution in [0.3, 0.4) is 0 Å². The molecule has 8 heteroatoms. The van der Waals surface area contributed by atoms with Crippen molar-refractivity contribution < 1.29 is 23.5 Å². The number of nitrogens with zero attached hydrogens (tertiary/aromatic N) is 2. The van der Waals surface area contributed by atoms with E-state index in [1.165, 1.54) is 12.1 Å². The molecule has 0 aliphatic carbocycles. The highest BCUT2D eigenvalue weighted by Gasteiger charge is 2.32. The molecule has 0 atom stereocenters. The lowest BCUT2D eigenvalue weighted by Gasteiger charge is -2.41. The highest BCUT2D eigenvalue weighted by molar-refractivity contribution is 5.95. The summed E-state index contributed by atoms with van der Waals surface area (Å²) in [6.45, 7) is 3.40. The number of likely N-dealkylation sites (tertiary alicyclic amines) is 2. The van der Waals surface area contributed by atoms with Crippen molar-refractivity contribution in [2.45, 2.75) is 31.7 Å². The van der Waals surface area contributed by atoms with Crippen LogP contribution < -0.4 is 14.8 Å². The number of halogens is 1. The van der Waals surface area contributed by atoms with E-state index < -0.39 is 0 Å². The van der Waals surface area contributed by atoms with Gasteiger partial charge in [-0.25, -0.2) is 4.39 Å². The zero-order chi connectivity index (χ0) is 22.8. The smallest absolute Gasteiger partial charge is 0.253 e. The minimum absolute atomic E-state index is 0.00500. The molecule has 0 bridgehead atoms. The molecule has 1 N–H and O–H groups in total. The minimum Gasteiger partial charge on any atom is -0.454 e. The van der Waals surface area contributed by atoms with Crippen LogP contribution in [-0.4, -0.2) is 60.6 Å². The van der Waals surface area contributed by atoms with Crippen molar-refractivity contribution in [2.24, 2.45) is 5.92 Å². The number of piperidine rings is 2. The van der Waals surface area contributed by atoms with Gasteiger partial charge in [0.2, 0.25) is 12.7 Å². The number of nitrogens with one attached hydrogen (secondary N) is 1. The van der Waals surface area contributed by atoms with Crippen LogP contribution in [0.15, 0.2) is 42.5 Å². The summed E-state index contributed by atoms with van der Waals surface area (Å²) < 4.78 is 23.8. The molecule has 0 aromatic heterocycles. The quantitative estimate of drug-likeness (QED) is 0.767. The van der Waals surface area contributed by atoms with Gasteiger partial charge in [-0.15, -0.1) is 0 Å². The molecular formula is C25H28FN3O4. The zero-order valence-corrected chi connectivity index (χ0v) is 18.5. The molecule has 2 saturated heterocycles. The second-order valence-electron chi connectivity index (χ2n) is 8.90. The second-order valence-corrected chi connectivity index (χ2v) is 8.90. The number of rotatable bonds is 4. The van der Waals surface area contributed by atoms with E-state index in [2.05, 4.69) is 10.2 Å². The Labute approximate surface area is 192 Å². The number of anilines is 1. The minimum atomic E-state index is -0.315. The van der Waals surface area contributed by atoms with Crippen molar-refractivity contribution in [3.05, 3.63) is 53.8 Å². The monoisotopic (exact) mass is 453 g/mol. The number of amides is 2. The number of hydrogen-bond acceptors (Lipinski definition) is 5. The summed E-state index contributed by atoms with van der Waals surface area (Å²) in [5.41, 5.74) is 1.26. The maximum Gasteiger partial charge on any atom is 0.253 e. The van der Waals surface area contributed by atoms with E-state index in [-0.39, 0.29) is 30.3 Å². The molecule has 5 rings (SSSR count). The van der Waals surface area contributed by atoms with Crippen LogP contribution in [0.25, 0.3) is 0 Å². The molecule has 33 heavy (non-hydrogen) atoms. The van der Waals surface area contributed by atoms with Gasteiger partial charge in [-0.3, -0.25) is 9.59 Å². The van der Waals surface area contributed by atoms with E-state index in [0.717, 1.165) is 51.9 Å². The number of carbonyl (C=O) groups is 2. The SMILES string of the molecule is O=C(Nc1ccc(F)cc1)C1CCN(C2CCN(C(=O)c3ccc4c(c3)OCO4)CC2)CC1. The van der Waals surface area contributed by atoms with Crippen LogP contribution in [0.1, 0.15) is 36.0 Å². The van der Waals surface area contributed by atoms with Crippen LogP contribution in [0.5, 0.6) is 11.5 Å². The molecule has 2 aromatic carbocycles. The van der Waals surface area contributed by atoms with E-state index in [0.29, 0.717) is 28.8 Å². The zero-order valence-electron chi connectivity index (χ0n) is 18.5. The van der Waals surface area contributed by atoms with E-state index in [9.17, 15) is 14.0 Å². The van der Waals surface area contributed by atoms with Gasteiger partial charge in [0.05, 0.1) is 0 Å². The number of benzene rings is 2. The third-order valence-corrected chi connectivity index (χ3v) is 6.90. The largest absolute Gasteiger partial charge is 0.454 e. The van der Waals surface area contributed by atoms with E-state index in [1.807, 2.05) is 4.90 Å². The Morgan fingerprint density at radius 3 is 2.30 bits per heavy atom. The van der Waals surface area contributed by atoms with Crippen molar-refractivity contribution in [1.29, 1.82) is 0 Å². The topological polar surface area (TPSA) is 71.1 Å². The Balaban J connectivity index is 1.08. The van der Waals surface area contributed by atoms with E-state index >= 15 is 0 Å². The summed E-state index contributed by atoms with van der Waals surface area (Å²) >= 11 is 0. The first kappa shape index (κ1) is 21.7. The normalized spacial score (nSPS) is 19.5. The maximum atomic E-state index is 13.1. The maximum absolute atomic E-state index is 13.1. The Hall–Kier alpha value is -3.13. The summed E-state index contributed by atoms with van der Waals surface area (Å²) in [7, 11) is 0. The Kier molecular flexibility index (Phi) is 6.17. The fourth-order valence-electron chi connectivity index (χ4n) is 4.95. The number of ether oxygens (including phenoxy) is 2. The van der Waals surface area contributed by atoms with E-state index in [4.69, 9.17) is 9.47 Å². The van der Waals surface area contributed by atoms with Crippen LogP contribution in [0.2, 0.25) is 0 Å². The first-order valence-corrected chi connectivity index (χ1v) is 11.6. The van der Waals surface area contributed by atoms with Gasteiger partial charge in [0.1, 0.15) is 5.82 Å². The van der Waals surface area contributed by atoms with Crippen LogP contribution in [-0.2, 0) is 4.79 Å². The van der Waals surface area contributed by atoms with Crippen LogP contribution >= 0.6 is 0 Å². The van der Waals surface area contributed by atoms with Crippen LogP contribution in [0, 0.1) is 11.7 Å². The molecule has 0 spiro atoms. The fourth-order valence-corrected chi connectivity index (χ4v) is 4.95. The third-order valence-electron chi connectivity index (χ3n) is 6.90. The van der Waals surface area contributed by atoms with Crippen molar-refractivity contribution in [3.8, 4) is 11.5 Å². The van der Waals surface area contributed by atoms with Gasteiger partial charge in [-0.05, 0) is 81.2 Å². The molecule has 3 heterocycles. The average molecular weight is 454 g/mol. The summed E-state index contributed by atoms with van der Waals surface area (Å²) in [6, 6.07) is 11.7. The summed E-state index contributed by atoms with van der Waals surface area (Å²) in [5.74, 6) is 0.999. The summed E-state index contributed by atoms with van der Waals surface area (Å²) in [6.07, 6.45) is 3.48. The van der Waals surface area contributed by atoms with Gasteiger partial charge in [-0.1, -0.05) is 0 Å². The first-order valence-electron chi connectivity index (χ1n) is 11.6. The Morgan fingerprint density at radius 1 is 0.879 bits per heavy atom. The van der Waals surface area contributed by atoms with Crippen molar-refractivity contribution in [3.63, 3.8) is 0 Å². The predicted molar refractivity (Wildman–Crippen MR) is 121 cm³/mol. The molecule has 3 aliphatic rings. The lowest BCUT2D eigenvalue weighted by molar-refractivity contribution is -0.121. The molecule has 3 aliphatic heterocycles. The molecule has 2 aromatic rings. The fraction of sp³-hybridized carbons (Fsp3) is 0.440. The van der Waals surface area contributed by atoms with Gasteiger partial charge >= 0.3 is 0 Å². The lowest BCUT2D eigenvalue weighted by atomic mass is 9.92. The summed E-state index contributed by atoms with van der Waals surface area (Å²) in [4.78, 5) is 29.9. The standard InChI is InChI=1S/C25H28FN3O4/c26-19-2-4-20(5-3-19)27-24(30)17-7-11-28(12-8-17)21-9-13-29(14-10-21)25(31)18-1-6-22-23(15-18)33-16-32-22/h1-6,15,17,21H,7-14,16H2,(H,27,30). The van der Waals surface area contributed by atoms with E-state index in [1.54, 1.807) is 30.3 Å². The molecule has 7 nitrogen and oxygen atoms in total. The Morgan fingerprint density at radius 2 is 1.58 bits per heavy atom.